The highest BCUT2D eigenvalue weighted by Crippen LogP contribution is 2.20. The smallest absolute Gasteiger partial charge is 0.180 e. The summed E-state index contributed by atoms with van der Waals surface area (Å²) in [7, 11) is -1.08. The molecule has 98 valence electrons. The molecule has 6 heteroatoms. The largest absolute Gasteiger partial charge is 0.413 e. The molecule has 2 aromatic rings. The molecule has 0 N–H and O–H groups in total. The van der Waals surface area contributed by atoms with E-state index < -0.39 is 8.07 Å². The monoisotopic (exact) mass is 283 g/mol. The van der Waals surface area contributed by atoms with Crippen LogP contribution < -0.4 is 4.84 Å². The topological polar surface area (TPSA) is 39.9 Å². The minimum atomic E-state index is -1.08. The van der Waals surface area contributed by atoms with Crippen LogP contribution in [0.15, 0.2) is 12.3 Å². The molecular weight excluding hydrogens is 266 g/mol. The van der Waals surface area contributed by atoms with Crippen LogP contribution in [0.5, 0.6) is 0 Å². The second-order valence-corrected chi connectivity index (χ2v) is 11.6. The van der Waals surface area contributed by atoms with Crippen molar-refractivity contribution in [3.63, 3.8) is 0 Å². The third-order valence-electron chi connectivity index (χ3n) is 2.66. The fraction of sp³-hybridized carbons (Fsp3) is 0.500. The Kier molecular flexibility index (Phi) is 3.63. The number of hydrogen-bond acceptors (Lipinski definition) is 3. The maximum absolute atomic E-state index is 6.07. The maximum Gasteiger partial charge on any atom is 0.180 e. The highest BCUT2D eigenvalue weighted by Gasteiger charge is 2.14. The van der Waals surface area contributed by atoms with Gasteiger partial charge < -0.3 is 4.84 Å². The van der Waals surface area contributed by atoms with E-state index in [1.807, 2.05) is 19.2 Å². The molecular formula is C12H18ClN3OSi. The highest BCUT2D eigenvalue weighted by atomic mass is 35.5. The minimum absolute atomic E-state index is 0.477. The van der Waals surface area contributed by atoms with E-state index in [9.17, 15) is 0 Å². The number of fused-ring (bicyclic) bond motifs is 1. The Bertz CT molecular complexity index is 562. The minimum Gasteiger partial charge on any atom is -0.413 e. The van der Waals surface area contributed by atoms with Crippen molar-refractivity contribution < 1.29 is 4.84 Å². The summed E-state index contributed by atoms with van der Waals surface area (Å²) in [6.45, 7) is 9.51. The Labute approximate surface area is 113 Å². The molecule has 0 aliphatic carbocycles. The molecule has 2 rings (SSSR count). The highest BCUT2D eigenvalue weighted by molar-refractivity contribution is 6.76. The van der Waals surface area contributed by atoms with Crippen molar-refractivity contribution in [3.8, 4) is 0 Å². The molecule has 0 atom stereocenters. The Morgan fingerprint density at radius 2 is 2.06 bits per heavy atom. The van der Waals surface area contributed by atoms with Gasteiger partial charge in [0, 0.05) is 14.3 Å². The Morgan fingerprint density at radius 3 is 2.72 bits per heavy atom. The number of hydrogen-bond donors (Lipinski definition) is 0. The van der Waals surface area contributed by atoms with Gasteiger partial charge in [0.25, 0.3) is 0 Å². The number of aromatic nitrogens is 3. The standard InChI is InChI=1S/C12H18ClN3OSi/c1-9-14-11(13)10-5-6-16(12(10)15-9)17-7-8-18(2,3)4/h5-6H,7-8H2,1-4H3. The van der Waals surface area contributed by atoms with Gasteiger partial charge in [-0.25, -0.2) is 9.97 Å². The maximum atomic E-state index is 6.07. The average Bonchev–Trinajstić information content (AvgIpc) is 2.60. The van der Waals surface area contributed by atoms with Gasteiger partial charge in [0.1, 0.15) is 17.6 Å². The summed E-state index contributed by atoms with van der Waals surface area (Å²) in [5, 5.41) is 1.31. The van der Waals surface area contributed by atoms with Gasteiger partial charge in [-0.05, 0) is 19.0 Å². The quantitative estimate of drug-likeness (QED) is 0.639. The summed E-state index contributed by atoms with van der Waals surface area (Å²) in [4.78, 5) is 14.2. The second kappa shape index (κ2) is 4.89. The summed E-state index contributed by atoms with van der Waals surface area (Å²) in [5.74, 6) is 0.654. The molecule has 0 fully saturated rings. The van der Waals surface area contributed by atoms with E-state index in [0.717, 1.165) is 17.1 Å². The number of rotatable bonds is 4. The molecule has 0 radical (unpaired) electrons. The van der Waals surface area contributed by atoms with Crippen molar-refractivity contribution in [2.24, 2.45) is 0 Å². The van der Waals surface area contributed by atoms with Crippen molar-refractivity contribution >= 4 is 30.7 Å². The molecule has 0 saturated heterocycles. The van der Waals surface area contributed by atoms with Crippen molar-refractivity contribution in [1.29, 1.82) is 0 Å². The molecule has 0 aliphatic heterocycles. The van der Waals surface area contributed by atoms with Gasteiger partial charge in [0.2, 0.25) is 0 Å². The second-order valence-electron chi connectivity index (χ2n) is 5.58. The molecule has 0 saturated carbocycles. The fourth-order valence-corrected chi connectivity index (χ4v) is 2.58. The predicted octanol–water partition coefficient (Wildman–Crippen LogP) is 3.16. The van der Waals surface area contributed by atoms with E-state index in [0.29, 0.717) is 17.6 Å². The zero-order valence-corrected chi connectivity index (χ0v) is 13.0. The fourth-order valence-electron chi connectivity index (χ4n) is 1.61. The molecule has 2 aromatic heterocycles. The van der Waals surface area contributed by atoms with Crippen LogP contribution in [0.1, 0.15) is 5.82 Å². The summed E-state index contributed by atoms with van der Waals surface area (Å²) < 4.78 is 1.69. The summed E-state index contributed by atoms with van der Waals surface area (Å²) in [6, 6.07) is 3.00. The van der Waals surface area contributed by atoms with Gasteiger partial charge in [0.15, 0.2) is 5.65 Å². The molecule has 0 amide bonds. The SMILES string of the molecule is Cc1nc(Cl)c2ccn(OCC[Si](C)(C)C)c2n1. The lowest BCUT2D eigenvalue weighted by molar-refractivity contribution is 0.130. The molecule has 0 unspecified atom stereocenters. The van der Waals surface area contributed by atoms with Crippen molar-refractivity contribution in [2.75, 3.05) is 6.61 Å². The first kappa shape index (κ1) is 13.4. The van der Waals surface area contributed by atoms with Gasteiger partial charge in [-0.1, -0.05) is 31.2 Å². The van der Waals surface area contributed by atoms with Crippen LogP contribution in [0.3, 0.4) is 0 Å². The van der Waals surface area contributed by atoms with E-state index in [2.05, 4.69) is 29.6 Å². The van der Waals surface area contributed by atoms with Crippen LogP contribution in [0.25, 0.3) is 11.0 Å². The van der Waals surface area contributed by atoms with Crippen LogP contribution >= 0.6 is 11.6 Å². The lowest BCUT2D eigenvalue weighted by Gasteiger charge is -2.16. The van der Waals surface area contributed by atoms with Crippen molar-refractivity contribution in [3.05, 3.63) is 23.2 Å². The van der Waals surface area contributed by atoms with Gasteiger partial charge in [-0.2, -0.15) is 4.73 Å². The third kappa shape index (κ3) is 3.03. The van der Waals surface area contributed by atoms with Crippen LogP contribution in [0.4, 0.5) is 0 Å². The number of aryl methyl sites for hydroxylation is 1. The van der Waals surface area contributed by atoms with Crippen LogP contribution in [-0.2, 0) is 0 Å². The molecule has 4 nitrogen and oxygen atoms in total. The van der Waals surface area contributed by atoms with Crippen LogP contribution in [0, 0.1) is 6.92 Å². The molecule has 0 aromatic carbocycles. The normalized spacial score (nSPS) is 12.1. The lowest BCUT2D eigenvalue weighted by Crippen LogP contribution is -2.25. The van der Waals surface area contributed by atoms with Crippen molar-refractivity contribution in [2.45, 2.75) is 32.6 Å². The molecule has 0 spiro atoms. The van der Waals surface area contributed by atoms with E-state index in [4.69, 9.17) is 16.4 Å². The zero-order valence-electron chi connectivity index (χ0n) is 11.2. The number of halogens is 1. The summed E-state index contributed by atoms with van der Waals surface area (Å²) >= 11 is 6.07. The molecule has 2 heterocycles. The first-order valence-electron chi connectivity index (χ1n) is 6.01. The Morgan fingerprint density at radius 1 is 1.33 bits per heavy atom. The van der Waals surface area contributed by atoms with Gasteiger partial charge in [-0.3, -0.25) is 0 Å². The first-order valence-corrected chi connectivity index (χ1v) is 10.1. The average molecular weight is 284 g/mol. The summed E-state index contributed by atoms with van der Waals surface area (Å²) in [6.07, 6.45) is 1.84. The molecule has 18 heavy (non-hydrogen) atoms. The Balaban J connectivity index is 2.19. The third-order valence-corrected chi connectivity index (χ3v) is 4.65. The van der Waals surface area contributed by atoms with Crippen molar-refractivity contribution in [1.82, 2.24) is 14.7 Å². The lowest BCUT2D eigenvalue weighted by atomic mass is 10.4. The van der Waals surface area contributed by atoms with Gasteiger partial charge in [-0.15, -0.1) is 0 Å². The van der Waals surface area contributed by atoms with E-state index in [-0.39, 0.29) is 0 Å². The van der Waals surface area contributed by atoms with E-state index in [1.54, 1.807) is 4.73 Å². The Hall–Kier alpha value is -1.07. The van der Waals surface area contributed by atoms with Crippen LogP contribution in [-0.4, -0.2) is 29.4 Å². The van der Waals surface area contributed by atoms with Gasteiger partial charge in [0.05, 0.1) is 5.39 Å². The zero-order chi connectivity index (χ0) is 13.3. The van der Waals surface area contributed by atoms with Crippen LogP contribution in [0.2, 0.25) is 30.8 Å². The molecule has 0 bridgehead atoms. The summed E-state index contributed by atoms with van der Waals surface area (Å²) in [5.41, 5.74) is 0.739. The van der Waals surface area contributed by atoms with E-state index in [1.165, 1.54) is 0 Å². The van der Waals surface area contributed by atoms with Gasteiger partial charge >= 0.3 is 0 Å². The van der Waals surface area contributed by atoms with E-state index >= 15 is 0 Å². The predicted molar refractivity (Wildman–Crippen MR) is 76.9 cm³/mol. The molecule has 0 aliphatic rings. The first-order chi connectivity index (χ1) is 8.37. The number of nitrogens with zero attached hydrogens (tertiary/aromatic N) is 3.